The summed E-state index contributed by atoms with van der Waals surface area (Å²) in [6.45, 7) is 0. The number of aromatic hydroxyl groups is 3. The van der Waals surface area contributed by atoms with Gasteiger partial charge in [0.15, 0.2) is 0 Å². The molecule has 0 amide bonds. The van der Waals surface area contributed by atoms with Crippen molar-refractivity contribution in [3.8, 4) is 50.6 Å². The van der Waals surface area contributed by atoms with Gasteiger partial charge >= 0.3 is 0 Å². The van der Waals surface area contributed by atoms with Crippen LogP contribution in [0.5, 0.6) is 17.2 Å². The predicted molar refractivity (Wildman–Crippen MR) is 266 cm³/mol. The van der Waals surface area contributed by atoms with Gasteiger partial charge in [-0.05, 0) is 99.5 Å². The van der Waals surface area contributed by atoms with Crippen LogP contribution in [-0.4, -0.2) is 15.3 Å². The van der Waals surface area contributed by atoms with Crippen molar-refractivity contribution < 1.29 is 48.0 Å². The summed E-state index contributed by atoms with van der Waals surface area (Å²) >= 11 is 0. The number of benzene rings is 12. The minimum atomic E-state index is 0. The van der Waals surface area contributed by atoms with Crippen molar-refractivity contribution in [1.82, 2.24) is 0 Å². The van der Waals surface area contributed by atoms with Crippen LogP contribution >= 0.6 is 0 Å². The summed E-state index contributed by atoms with van der Waals surface area (Å²) in [6.07, 6.45) is 0. The normalized spacial score (nSPS) is 10.9. The Bertz CT molecular complexity index is 3230. The van der Waals surface area contributed by atoms with Crippen molar-refractivity contribution in [2.75, 3.05) is 0 Å². The third-order valence-corrected chi connectivity index (χ3v) is 11.9. The molecule has 0 aromatic heterocycles. The average Bonchev–Trinajstić information content (AvgIpc) is 3.34. The van der Waals surface area contributed by atoms with Crippen LogP contribution in [0.2, 0.25) is 0 Å². The fourth-order valence-corrected chi connectivity index (χ4v) is 8.96. The van der Waals surface area contributed by atoms with E-state index in [9.17, 15) is 15.3 Å². The maximum Gasteiger partial charge on any atom is 0.124 e. The van der Waals surface area contributed by atoms with E-state index in [1.165, 1.54) is 16.2 Å². The summed E-state index contributed by atoms with van der Waals surface area (Å²) < 4.78 is 0. The summed E-state index contributed by atoms with van der Waals surface area (Å²) in [5.74, 6) is 0.972. The van der Waals surface area contributed by atoms with E-state index in [-0.39, 0.29) is 32.7 Å². The van der Waals surface area contributed by atoms with E-state index in [4.69, 9.17) is 0 Å². The SMILES string of the molecule is Oc1ccc2ccccc2c1-c1cccc2ccccc12.Oc1ccc2ccccc2c1-c1cccc2ccccc12.Oc1ccc2ccccc2c1-c1cccc2ccccc12.[Y]. The van der Waals surface area contributed by atoms with Gasteiger partial charge in [-0.15, -0.1) is 0 Å². The Kier molecular flexibility index (Phi) is 12.2. The molecule has 303 valence electrons. The van der Waals surface area contributed by atoms with Gasteiger partial charge < -0.3 is 15.3 Å². The monoisotopic (exact) mass is 899 g/mol. The quantitative estimate of drug-likeness (QED) is 0.166. The van der Waals surface area contributed by atoms with Crippen molar-refractivity contribution in [2.24, 2.45) is 0 Å². The molecular weight excluding hydrogens is 858 g/mol. The first-order valence-corrected chi connectivity index (χ1v) is 21.1. The van der Waals surface area contributed by atoms with Crippen LogP contribution in [0.15, 0.2) is 237 Å². The minimum Gasteiger partial charge on any atom is -0.507 e. The third-order valence-electron chi connectivity index (χ3n) is 11.9. The van der Waals surface area contributed by atoms with Crippen LogP contribution in [0.3, 0.4) is 0 Å². The second-order valence-corrected chi connectivity index (χ2v) is 15.6. The number of phenols is 3. The van der Waals surface area contributed by atoms with Crippen LogP contribution < -0.4 is 0 Å². The molecule has 0 fully saturated rings. The zero-order chi connectivity index (χ0) is 42.7. The van der Waals surface area contributed by atoms with E-state index in [0.29, 0.717) is 17.2 Å². The van der Waals surface area contributed by atoms with Crippen LogP contribution in [0.25, 0.3) is 98.0 Å². The molecule has 0 saturated heterocycles. The maximum absolute atomic E-state index is 10.4. The summed E-state index contributed by atoms with van der Waals surface area (Å²) in [5.41, 5.74) is 5.94. The number of rotatable bonds is 3. The second-order valence-electron chi connectivity index (χ2n) is 15.6. The van der Waals surface area contributed by atoms with E-state index in [1.54, 1.807) is 18.2 Å². The van der Waals surface area contributed by atoms with E-state index < -0.39 is 0 Å². The summed E-state index contributed by atoms with van der Waals surface area (Å²) in [6, 6.07) is 79.2. The number of hydrogen-bond acceptors (Lipinski definition) is 3. The van der Waals surface area contributed by atoms with Crippen LogP contribution in [0, 0.1) is 0 Å². The first kappa shape index (κ1) is 42.0. The number of fused-ring (bicyclic) bond motifs is 6. The molecule has 1 radical (unpaired) electrons. The Balaban J connectivity index is 0.000000121. The van der Waals surface area contributed by atoms with Gasteiger partial charge in [0.05, 0.1) is 0 Å². The molecule has 64 heavy (non-hydrogen) atoms. The molecule has 0 heterocycles. The molecule has 0 aliphatic carbocycles. The zero-order valence-corrected chi connectivity index (χ0v) is 37.8. The smallest absolute Gasteiger partial charge is 0.124 e. The van der Waals surface area contributed by atoms with E-state index in [0.717, 1.165) is 81.9 Å². The third kappa shape index (κ3) is 8.08. The van der Waals surface area contributed by atoms with Crippen LogP contribution in [0.1, 0.15) is 0 Å². The van der Waals surface area contributed by atoms with Crippen molar-refractivity contribution in [3.05, 3.63) is 237 Å². The molecule has 0 aliphatic rings. The van der Waals surface area contributed by atoms with Gasteiger partial charge in [0.25, 0.3) is 0 Å². The Morgan fingerprint density at radius 3 is 0.656 bits per heavy atom. The minimum absolute atomic E-state index is 0. The van der Waals surface area contributed by atoms with Crippen molar-refractivity contribution in [2.45, 2.75) is 0 Å². The molecule has 0 unspecified atom stereocenters. The van der Waals surface area contributed by atoms with Gasteiger partial charge in [-0.25, -0.2) is 0 Å². The van der Waals surface area contributed by atoms with Gasteiger partial charge in [0, 0.05) is 49.4 Å². The Hall–Kier alpha value is -7.30. The fourth-order valence-electron chi connectivity index (χ4n) is 8.96. The number of hydrogen-bond donors (Lipinski definition) is 3. The molecule has 3 nitrogen and oxygen atoms in total. The van der Waals surface area contributed by atoms with E-state index in [1.807, 2.05) is 109 Å². The molecule has 4 heteroatoms. The van der Waals surface area contributed by atoms with Gasteiger partial charge in [0.1, 0.15) is 17.2 Å². The molecule has 0 saturated carbocycles. The van der Waals surface area contributed by atoms with Gasteiger partial charge in [-0.3, -0.25) is 0 Å². The average molecular weight is 900 g/mol. The molecule has 0 aliphatic heterocycles. The molecule has 12 aromatic rings. The van der Waals surface area contributed by atoms with E-state index in [2.05, 4.69) is 109 Å². The zero-order valence-electron chi connectivity index (χ0n) is 34.9. The second kappa shape index (κ2) is 18.6. The predicted octanol–water partition coefficient (Wildman–Crippen LogP) is 16.1. The topological polar surface area (TPSA) is 60.7 Å². The molecule has 3 N–H and O–H groups in total. The summed E-state index contributed by atoms with van der Waals surface area (Å²) in [4.78, 5) is 0. The fraction of sp³-hybridized carbons (Fsp3) is 0. The summed E-state index contributed by atoms with van der Waals surface area (Å²) in [5, 5.41) is 44.9. The molecule has 0 spiro atoms. The van der Waals surface area contributed by atoms with Gasteiger partial charge in [-0.1, -0.05) is 218 Å². The van der Waals surface area contributed by atoms with E-state index >= 15 is 0 Å². The van der Waals surface area contributed by atoms with Crippen molar-refractivity contribution >= 4 is 64.6 Å². The van der Waals surface area contributed by atoms with Crippen molar-refractivity contribution in [1.29, 1.82) is 0 Å². The molecule has 0 bridgehead atoms. The molecular formula is C60H42O3Y. The van der Waals surface area contributed by atoms with Crippen molar-refractivity contribution in [3.63, 3.8) is 0 Å². The molecule has 0 atom stereocenters. The van der Waals surface area contributed by atoms with Gasteiger partial charge in [0.2, 0.25) is 0 Å². The molecule has 12 aromatic carbocycles. The Morgan fingerprint density at radius 2 is 0.391 bits per heavy atom. The Morgan fingerprint density at radius 1 is 0.188 bits per heavy atom. The maximum atomic E-state index is 10.4. The molecule has 12 rings (SSSR count). The van der Waals surface area contributed by atoms with Crippen LogP contribution in [-0.2, 0) is 32.7 Å². The largest absolute Gasteiger partial charge is 0.507 e. The van der Waals surface area contributed by atoms with Crippen LogP contribution in [0.4, 0.5) is 0 Å². The first-order valence-electron chi connectivity index (χ1n) is 21.1. The summed E-state index contributed by atoms with van der Waals surface area (Å²) in [7, 11) is 0. The first-order chi connectivity index (χ1) is 31.0. The van der Waals surface area contributed by atoms with Gasteiger partial charge in [-0.2, -0.15) is 0 Å². The standard InChI is InChI=1S/3C20H14O.Y/c3*21-19-13-12-15-7-2-4-10-17(15)20(19)18-11-5-8-14-6-1-3-9-16(14)18;/h3*1-13,21H;. The Labute approximate surface area is 397 Å². The number of phenolic OH excluding ortho intramolecular Hbond substituents is 3.